The number of nitrogens with one attached hydrogen (secondary N) is 1. The fourth-order valence-corrected chi connectivity index (χ4v) is 0.946. The molecule has 0 amide bonds. The highest BCUT2D eigenvalue weighted by atomic mass is 19.1. The third kappa shape index (κ3) is 2.34. The fourth-order valence-electron chi connectivity index (χ4n) is 0.946. The van der Waals surface area contributed by atoms with Gasteiger partial charge in [-0.2, -0.15) is 5.26 Å². The van der Waals surface area contributed by atoms with Gasteiger partial charge in [0.15, 0.2) is 0 Å². The van der Waals surface area contributed by atoms with E-state index in [0.29, 0.717) is 11.4 Å². The predicted molar refractivity (Wildman–Crippen MR) is 47.1 cm³/mol. The van der Waals surface area contributed by atoms with Gasteiger partial charge in [-0.05, 0) is 12.1 Å². The molecule has 4 heteroatoms. The van der Waals surface area contributed by atoms with E-state index in [1.165, 1.54) is 25.3 Å². The summed E-state index contributed by atoms with van der Waals surface area (Å²) in [5, 5.41) is 11.1. The van der Waals surface area contributed by atoms with Gasteiger partial charge in [-0.3, -0.25) is 0 Å². The van der Waals surface area contributed by atoms with Crippen molar-refractivity contribution in [3.63, 3.8) is 0 Å². The average molecular weight is 180 g/mol. The van der Waals surface area contributed by atoms with E-state index in [-0.39, 0.29) is 12.4 Å². The van der Waals surface area contributed by atoms with Crippen LogP contribution in [0.1, 0.15) is 0 Å². The smallest absolute Gasteiger partial charge is 0.144 e. The highest BCUT2D eigenvalue weighted by Crippen LogP contribution is 2.24. The first-order chi connectivity index (χ1) is 6.27. The molecule has 0 fully saturated rings. The topological polar surface area (TPSA) is 45.0 Å². The van der Waals surface area contributed by atoms with E-state index in [4.69, 9.17) is 10.00 Å². The van der Waals surface area contributed by atoms with Crippen molar-refractivity contribution in [3.05, 3.63) is 24.0 Å². The maximum absolute atomic E-state index is 12.7. The Morgan fingerprint density at radius 3 is 3.00 bits per heavy atom. The molecular formula is C9H9FN2O. The summed E-state index contributed by atoms with van der Waals surface area (Å²) in [4.78, 5) is 0. The number of halogens is 1. The summed E-state index contributed by atoms with van der Waals surface area (Å²) in [6.45, 7) is 0.169. The van der Waals surface area contributed by atoms with Crippen molar-refractivity contribution in [2.45, 2.75) is 0 Å². The molecule has 1 aromatic rings. The summed E-state index contributed by atoms with van der Waals surface area (Å²) in [6, 6.07) is 6.03. The Bertz CT molecular complexity index is 333. The number of benzene rings is 1. The second-order valence-electron chi connectivity index (χ2n) is 2.36. The Labute approximate surface area is 75.7 Å². The minimum absolute atomic E-state index is 0.169. The molecule has 68 valence electrons. The van der Waals surface area contributed by atoms with E-state index in [2.05, 4.69) is 5.32 Å². The third-order valence-electron chi connectivity index (χ3n) is 1.52. The van der Waals surface area contributed by atoms with Crippen LogP contribution >= 0.6 is 0 Å². The minimum atomic E-state index is -0.362. The molecule has 13 heavy (non-hydrogen) atoms. The van der Waals surface area contributed by atoms with Crippen LogP contribution in [0.25, 0.3) is 0 Å². The SMILES string of the molecule is COc1cc(F)ccc1NCC#N. The molecule has 0 radical (unpaired) electrons. The van der Waals surface area contributed by atoms with Crippen molar-refractivity contribution in [1.82, 2.24) is 0 Å². The number of nitrogens with zero attached hydrogens (tertiary/aromatic N) is 1. The van der Waals surface area contributed by atoms with Crippen molar-refractivity contribution in [2.24, 2.45) is 0 Å². The maximum atomic E-state index is 12.7. The Hall–Kier alpha value is -1.76. The number of anilines is 1. The summed E-state index contributed by atoms with van der Waals surface area (Å²) in [6.07, 6.45) is 0. The summed E-state index contributed by atoms with van der Waals surface area (Å²) >= 11 is 0. The lowest BCUT2D eigenvalue weighted by Crippen LogP contribution is -2.00. The van der Waals surface area contributed by atoms with Gasteiger partial charge < -0.3 is 10.1 Å². The van der Waals surface area contributed by atoms with Crippen LogP contribution in [-0.4, -0.2) is 13.7 Å². The first-order valence-corrected chi connectivity index (χ1v) is 3.72. The number of ether oxygens (including phenoxy) is 1. The van der Waals surface area contributed by atoms with E-state index >= 15 is 0 Å². The van der Waals surface area contributed by atoms with Crippen LogP contribution in [0, 0.1) is 17.1 Å². The number of nitriles is 1. The molecule has 1 aromatic carbocycles. The molecule has 0 bridgehead atoms. The molecular weight excluding hydrogens is 171 g/mol. The molecule has 0 aliphatic heterocycles. The standard InChI is InChI=1S/C9H9FN2O/c1-13-9-6-7(10)2-3-8(9)12-5-4-11/h2-3,6,12H,5H2,1H3. The molecule has 0 spiro atoms. The molecule has 3 nitrogen and oxygen atoms in total. The number of hydrogen-bond acceptors (Lipinski definition) is 3. The largest absolute Gasteiger partial charge is 0.494 e. The minimum Gasteiger partial charge on any atom is -0.494 e. The van der Waals surface area contributed by atoms with Crippen LogP contribution in [0.4, 0.5) is 10.1 Å². The van der Waals surface area contributed by atoms with Gasteiger partial charge in [0.25, 0.3) is 0 Å². The van der Waals surface area contributed by atoms with Gasteiger partial charge >= 0.3 is 0 Å². The van der Waals surface area contributed by atoms with E-state index in [1.807, 2.05) is 6.07 Å². The Balaban J connectivity index is 2.87. The summed E-state index contributed by atoms with van der Waals surface area (Å²) in [7, 11) is 1.45. The predicted octanol–water partition coefficient (Wildman–Crippen LogP) is 1.77. The van der Waals surface area contributed by atoms with E-state index in [0.717, 1.165) is 0 Å². The molecule has 0 unspecified atom stereocenters. The first-order valence-electron chi connectivity index (χ1n) is 3.72. The lowest BCUT2D eigenvalue weighted by Gasteiger charge is -2.07. The zero-order chi connectivity index (χ0) is 9.68. The van der Waals surface area contributed by atoms with E-state index in [9.17, 15) is 4.39 Å². The monoisotopic (exact) mass is 180 g/mol. The van der Waals surface area contributed by atoms with Crippen molar-refractivity contribution in [2.75, 3.05) is 19.0 Å². The quantitative estimate of drug-likeness (QED) is 0.721. The van der Waals surface area contributed by atoms with Crippen LogP contribution < -0.4 is 10.1 Å². The van der Waals surface area contributed by atoms with Crippen molar-refractivity contribution in [3.8, 4) is 11.8 Å². The molecule has 0 aromatic heterocycles. The van der Waals surface area contributed by atoms with Gasteiger partial charge in [-0.15, -0.1) is 0 Å². The Morgan fingerprint density at radius 1 is 1.62 bits per heavy atom. The molecule has 0 heterocycles. The van der Waals surface area contributed by atoms with Gasteiger partial charge in [-0.25, -0.2) is 4.39 Å². The first kappa shape index (κ1) is 9.33. The van der Waals surface area contributed by atoms with Gasteiger partial charge in [0, 0.05) is 6.07 Å². The zero-order valence-corrected chi connectivity index (χ0v) is 7.17. The Kier molecular flexibility index (Phi) is 3.09. The summed E-state index contributed by atoms with van der Waals surface area (Å²) in [5.41, 5.74) is 0.616. The lowest BCUT2D eigenvalue weighted by atomic mass is 10.3. The molecule has 1 N–H and O–H groups in total. The number of methoxy groups -OCH3 is 1. The van der Waals surface area contributed by atoms with Crippen molar-refractivity contribution < 1.29 is 9.13 Å². The Morgan fingerprint density at radius 2 is 2.38 bits per heavy atom. The summed E-state index contributed by atoms with van der Waals surface area (Å²) in [5.74, 6) is 0.0367. The van der Waals surface area contributed by atoms with Crippen LogP contribution in [0.3, 0.4) is 0 Å². The van der Waals surface area contributed by atoms with Gasteiger partial charge in [0.2, 0.25) is 0 Å². The van der Waals surface area contributed by atoms with Crippen molar-refractivity contribution in [1.29, 1.82) is 5.26 Å². The molecule has 1 rings (SSSR count). The average Bonchev–Trinajstić information content (AvgIpc) is 2.16. The highest BCUT2D eigenvalue weighted by molar-refractivity contribution is 5.56. The van der Waals surface area contributed by atoms with Gasteiger partial charge in [0.05, 0.1) is 18.9 Å². The van der Waals surface area contributed by atoms with Crippen LogP contribution in [-0.2, 0) is 0 Å². The number of hydrogen-bond donors (Lipinski definition) is 1. The third-order valence-corrected chi connectivity index (χ3v) is 1.52. The fraction of sp³-hybridized carbons (Fsp3) is 0.222. The van der Waals surface area contributed by atoms with E-state index < -0.39 is 0 Å². The molecule has 0 saturated heterocycles. The zero-order valence-electron chi connectivity index (χ0n) is 7.17. The molecule has 0 saturated carbocycles. The molecule has 0 aliphatic rings. The van der Waals surface area contributed by atoms with Crippen LogP contribution in [0.15, 0.2) is 18.2 Å². The highest BCUT2D eigenvalue weighted by Gasteiger charge is 2.02. The van der Waals surface area contributed by atoms with Gasteiger partial charge in [0.1, 0.15) is 18.1 Å². The second-order valence-corrected chi connectivity index (χ2v) is 2.36. The van der Waals surface area contributed by atoms with Gasteiger partial charge in [-0.1, -0.05) is 0 Å². The van der Waals surface area contributed by atoms with E-state index in [1.54, 1.807) is 0 Å². The second kappa shape index (κ2) is 4.31. The molecule has 0 atom stereocenters. The van der Waals surface area contributed by atoms with Crippen LogP contribution in [0.5, 0.6) is 5.75 Å². The molecule has 0 aliphatic carbocycles. The maximum Gasteiger partial charge on any atom is 0.144 e. The normalized spacial score (nSPS) is 9.00. The van der Waals surface area contributed by atoms with Crippen molar-refractivity contribution >= 4 is 5.69 Å². The summed E-state index contributed by atoms with van der Waals surface area (Å²) < 4.78 is 17.6. The van der Waals surface area contributed by atoms with Crippen LogP contribution in [0.2, 0.25) is 0 Å². The number of rotatable bonds is 3. The lowest BCUT2D eigenvalue weighted by molar-refractivity contribution is 0.413.